The summed E-state index contributed by atoms with van der Waals surface area (Å²) in [5, 5.41) is 13.1. The lowest BCUT2D eigenvalue weighted by Crippen LogP contribution is -2.37. The molecule has 1 unspecified atom stereocenters. The summed E-state index contributed by atoms with van der Waals surface area (Å²) in [5.74, 6) is -0.573. The zero-order valence-corrected chi connectivity index (χ0v) is 9.35. The highest BCUT2D eigenvalue weighted by Crippen LogP contribution is 2.19. The van der Waals surface area contributed by atoms with Crippen LogP contribution in [0.4, 0.5) is 5.69 Å². The molecule has 0 saturated carbocycles. The van der Waals surface area contributed by atoms with Crippen molar-refractivity contribution in [2.45, 2.75) is 12.0 Å². The quantitative estimate of drug-likeness (QED) is 0.670. The van der Waals surface area contributed by atoms with Crippen LogP contribution in [0.1, 0.15) is 16.9 Å². The van der Waals surface area contributed by atoms with Gasteiger partial charge in [-0.3, -0.25) is 9.78 Å². The van der Waals surface area contributed by atoms with E-state index in [2.05, 4.69) is 10.3 Å². The molecule has 0 radical (unpaired) electrons. The van der Waals surface area contributed by atoms with Gasteiger partial charge in [-0.2, -0.15) is 0 Å². The zero-order valence-electron chi connectivity index (χ0n) is 9.35. The molecule has 1 aromatic heterocycles. The average molecular weight is 237 g/mol. The number of carbonyl (C=O) groups is 1. The third-order valence-electron chi connectivity index (χ3n) is 2.72. The van der Waals surface area contributed by atoms with Crippen molar-refractivity contribution in [3.8, 4) is 0 Å². The summed E-state index contributed by atoms with van der Waals surface area (Å²) in [7, 11) is 0. The first-order valence-electron chi connectivity index (χ1n) is 5.39. The maximum Gasteiger partial charge on any atom is 0.267 e. The van der Waals surface area contributed by atoms with Crippen molar-refractivity contribution in [1.82, 2.24) is 4.98 Å². The van der Waals surface area contributed by atoms with E-state index < -0.39 is 11.5 Å². The fourth-order valence-corrected chi connectivity index (χ4v) is 1.68. The molecule has 1 fully saturated rings. The van der Waals surface area contributed by atoms with Crippen LogP contribution in [0.5, 0.6) is 0 Å². The van der Waals surface area contributed by atoms with Crippen LogP contribution in [0.15, 0.2) is 18.3 Å². The number of aliphatic hydroxyl groups is 1. The number of nitrogens with two attached hydrogens (primary N) is 1. The Morgan fingerprint density at radius 1 is 1.71 bits per heavy atom. The molecule has 1 aliphatic heterocycles. The summed E-state index contributed by atoms with van der Waals surface area (Å²) >= 11 is 0. The molecule has 2 heterocycles. The summed E-state index contributed by atoms with van der Waals surface area (Å²) < 4.78 is 5.13. The van der Waals surface area contributed by atoms with Gasteiger partial charge in [0.05, 0.1) is 6.61 Å². The van der Waals surface area contributed by atoms with Gasteiger partial charge in [-0.25, -0.2) is 0 Å². The first-order chi connectivity index (χ1) is 8.09. The van der Waals surface area contributed by atoms with Crippen molar-refractivity contribution in [2.24, 2.45) is 5.73 Å². The van der Waals surface area contributed by atoms with Gasteiger partial charge < -0.3 is 20.9 Å². The van der Waals surface area contributed by atoms with E-state index in [0.717, 1.165) is 0 Å². The molecule has 4 N–H and O–H groups in total. The number of nitrogens with zero attached hydrogens (tertiary/aromatic N) is 1. The fourth-order valence-electron chi connectivity index (χ4n) is 1.68. The monoisotopic (exact) mass is 237 g/mol. The number of aromatic nitrogens is 1. The van der Waals surface area contributed by atoms with E-state index >= 15 is 0 Å². The van der Waals surface area contributed by atoms with Gasteiger partial charge in [-0.05, 0) is 12.1 Å². The fraction of sp³-hybridized carbons (Fsp3) is 0.455. The number of carbonyl (C=O) groups excluding carboxylic acids is 1. The van der Waals surface area contributed by atoms with Crippen LogP contribution in [0.2, 0.25) is 0 Å². The Kier molecular flexibility index (Phi) is 3.26. The van der Waals surface area contributed by atoms with Crippen LogP contribution in [-0.2, 0) is 4.74 Å². The summed E-state index contributed by atoms with van der Waals surface area (Å²) in [6.07, 6.45) is 2.10. The summed E-state index contributed by atoms with van der Waals surface area (Å²) in [6, 6.07) is 3.27. The van der Waals surface area contributed by atoms with E-state index in [1.807, 2.05) is 0 Å². The first-order valence-corrected chi connectivity index (χ1v) is 5.39. The SMILES string of the molecule is NC(=O)c1cc(NCC2(O)CCOC2)ccn1. The lowest BCUT2D eigenvalue weighted by Gasteiger charge is -2.21. The molecule has 1 atom stereocenters. The van der Waals surface area contributed by atoms with Gasteiger partial charge in [0.1, 0.15) is 11.3 Å². The molecule has 1 amide bonds. The lowest BCUT2D eigenvalue weighted by atomic mass is 10.0. The molecule has 0 aromatic carbocycles. The molecule has 0 bridgehead atoms. The maximum atomic E-state index is 10.9. The Bertz CT molecular complexity index is 416. The average Bonchev–Trinajstić information content (AvgIpc) is 2.75. The van der Waals surface area contributed by atoms with Gasteiger partial charge in [0.2, 0.25) is 0 Å². The molecule has 17 heavy (non-hydrogen) atoms. The van der Waals surface area contributed by atoms with Crippen LogP contribution >= 0.6 is 0 Å². The molecule has 1 saturated heterocycles. The number of nitrogens with one attached hydrogen (secondary N) is 1. The van der Waals surface area contributed by atoms with Crippen molar-refractivity contribution in [1.29, 1.82) is 0 Å². The van der Waals surface area contributed by atoms with Gasteiger partial charge in [-0.1, -0.05) is 0 Å². The molecule has 1 aliphatic rings. The third kappa shape index (κ3) is 2.92. The summed E-state index contributed by atoms with van der Waals surface area (Å²) in [4.78, 5) is 14.8. The molecular formula is C11H15N3O3. The standard InChI is InChI=1S/C11H15N3O3/c12-10(15)9-5-8(1-3-13-9)14-6-11(16)2-4-17-7-11/h1,3,5,16H,2,4,6-7H2,(H2,12,15)(H,13,14). The smallest absolute Gasteiger partial charge is 0.267 e. The lowest BCUT2D eigenvalue weighted by molar-refractivity contribution is 0.0382. The van der Waals surface area contributed by atoms with E-state index in [1.165, 1.54) is 6.20 Å². The van der Waals surface area contributed by atoms with Crippen LogP contribution in [0, 0.1) is 0 Å². The number of anilines is 1. The number of hydrogen-bond donors (Lipinski definition) is 3. The van der Waals surface area contributed by atoms with Crippen LogP contribution in [0.3, 0.4) is 0 Å². The Morgan fingerprint density at radius 2 is 2.53 bits per heavy atom. The minimum atomic E-state index is -0.837. The van der Waals surface area contributed by atoms with Crippen LogP contribution in [0.25, 0.3) is 0 Å². The van der Waals surface area contributed by atoms with Crippen LogP contribution < -0.4 is 11.1 Å². The van der Waals surface area contributed by atoms with Gasteiger partial charge in [0.15, 0.2) is 0 Å². The van der Waals surface area contributed by atoms with Gasteiger partial charge in [-0.15, -0.1) is 0 Å². The first kappa shape index (κ1) is 11.8. The largest absolute Gasteiger partial charge is 0.386 e. The summed E-state index contributed by atoms with van der Waals surface area (Å²) in [6.45, 7) is 1.27. The second-order valence-corrected chi connectivity index (χ2v) is 4.17. The minimum absolute atomic E-state index is 0.199. The number of rotatable bonds is 4. The van der Waals surface area contributed by atoms with E-state index in [0.29, 0.717) is 31.9 Å². The zero-order chi connectivity index (χ0) is 12.3. The molecule has 0 spiro atoms. The Balaban J connectivity index is 1.99. The molecule has 92 valence electrons. The Labute approximate surface area is 98.8 Å². The van der Waals surface area contributed by atoms with Gasteiger partial charge in [0.25, 0.3) is 5.91 Å². The van der Waals surface area contributed by atoms with Gasteiger partial charge in [0, 0.05) is 31.5 Å². The van der Waals surface area contributed by atoms with E-state index in [1.54, 1.807) is 12.1 Å². The van der Waals surface area contributed by atoms with Crippen molar-refractivity contribution < 1.29 is 14.6 Å². The minimum Gasteiger partial charge on any atom is -0.386 e. The number of amides is 1. The maximum absolute atomic E-state index is 10.9. The molecule has 6 heteroatoms. The van der Waals surface area contributed by atoms with E-state index in [9.17, 15) is 9.90 Å². The predicted molar refractivity (Wildman–Crippen MR) is 61.6 cm³/mol. The predicted octanol–water partition coefficient (Wildman–Crippen LogP) is -0.256. The van der Waals surface area contributed by atoms with E-state index in [4.69, 9.17) is 10.5 Å². The Hall–Kier alpha value is -1.66. The van der Waals surface area contributed by atoms with Crippen molar-refractivity contribution in [2.75, 3.05) is 25.1 Å². The Morgan fingerprint density at radius 3 is 3.18 bits per heavy atom. The van der Waals surface area contributed by atoms with Crippen molar-refractivity contribution in [3.63, 3.8) is 0 Å². The number of primary amides is 1. The number of ether oxygens (including phenoxy) is 1. The molecule has 1 aromatic rings. The number of pyridine rings is 1. The second-order valence-electron chi connectivity index (χ2n) is 4.17. The van der Waals surface area contributed by atoms with E-state index in [-0.39, 0.29) is 5.69 Å². The second kappa shape index (κ2) is 4.68. The highest BCUT2D eigenvalue weighted by Gasteiger charge is 2.31. The van der Waals surface area contributed by atoms with Crippen molar-refractivity contribution >= 4 is 11.6 Å². The molecular weight excluding hydrogens is 222 g/mol. The highest BCUT2D eigenvalue weighted by molar-refractivity contribution is 5.91. The topological polar surface area (TPSA) is 97.5 Å². The third-order valence-corrected chi connectivity index (χ3v) is 2.72. The van der Waals surface area contributed by atoms with Gasteiger partial charge >= 0.3 is 0 Å². The van der Waals surface area contributed by atoms with Crippen LogP contribution in [-0.4, -0.2) is 41.4 Å². The molecule has 2 rings (SSSR count). The molecule has 6 nitrogen and oxygen atoms in total. The number of hydrogen-bond acceptors (Lipinski definition) is 5. The normalized spacial score (nSPS) is 23.6. The highest BCUT2D eigenvalue weighted by atomic mass is 16.5. The summed E-state index contributed by atoms with van der Waals surface area (Å²) in [5.41, 5.74) is 5.19. The molecule has 0 aliphatic carbocycles. The van der Waals surface area contributed by atoms with Crippen molar-refractivity contribution in [3.05, 3.63) is 24.0 Å².